The Kier molecular flexibility index (Phi) is 5.38. The van der Waals surface area contributed by atoms with Crippen molar-refractivity contribution in [2.24, 2.45) is 7.05 Å². The van der Waals surface area contributed by atoms with Crippen molar-refractivity contribution in [2.75, 3.05) is 17.3 Å². The zero-order valence-electron chi connectivity index (χ0n) is 17.1. The van der Waals surface area contributed by atoms with Crippen molar-refractivity contribution in [1.82, 2.24) is 14.5 Å². The Morgan fingerprint density at radius 2 is 2.03 bits per heavy atom. The smallest absolute Gasteiger partial charge is 0.278 e. The van der Waals surface area contributed by atoms with E-state index in [9.17, 15) is 15.0 Å². The molecular formula is C20H25Cl2N5O3. The standard InChI is InChI=1S/C20H25Cl2N5O3/c1-20(30)7-6-12(9-20)23-18-24-16-15(25(18)2)17(28)27(19(29)26(16)3)10-11-4-5-13(21)14(22)8-11/h4-5,8,12,19,29-30H,6-7,9-10H2,1-3H3,(H,23,24). The molecule has 2 aliphatic rings. The minimum Gasteiger partial charge on any atom is -0.390 e. The van der Waals surface area contributed by atoms with Crippen LogP contribution in [0.25, 0.3) is 0 Å². The van der Waals surface area contributed by atoms with Crippen LogP contribution in [-0.2, 0) is 13.6 Å². The van der Waals surface area contributed by atoms with E-state index in [2.05, 4.69) is 10.3 Å². The van der Waals surface area contributed by atoms with Gasteiger partial charge in [-0.25, -0.2) is 0 Å². The molecule has 0 saturated heterocycles. The molecule has 1 aromatic heterocycles. The molecule has 1 aliphatic carbocycles. The van der Waals surface area contributed by atoms with Gasteiger partial charge in [-0.1, -0.05) is 29.3 Å². The van der Waals surface area contributed by atoms with Crippen molar-refractivity contribution >= 4 is 40.9 Å². The summed E-state index contributed by atoms with van der Waals surface area (Å²) < 4.78 is 1.70. The molecule has 1 aromatic carbocycles. The van der Waals surface area contributed by atoms with Gasteiger partial charge in [-0.2, -0.15) is 4.98 Å². The zero-order chi connectivity index (χ0) is 21.8. The number of fused-ring (bicyclic) bond motifs is 1. The fraction of sp³-hybridized carbons (Fsp3) is 0.500. The highest BCUT2D eigenvalue weighted by Crippen LogP contribution is 2.35. The molecule has 3 N–H and O–H groups in total. The third-order valence-electron chi connectivity index (χ3n) is 5.89. The first-order valence-corrected chi connectivity index (χ1v) is 10.5. The highest BCUT2D eigenvalue weighted by molar-refractivity contribution is 6.42. The molecular weight excluding hydrogens is 429 g/mol. The van der Waals surface area contributed by atoms with Gasteiger partial charge in [0.15, 0.2) is 11.5 Å². The Hall–Kier alpha value is -2.00. The van der Waals surface area contributed by atoms with Crippen LogP contribution in [-0.4, -0.2) is 55.6 Å². The molecule has 8 nitrogen and oxygen atoms in total. The summed E-state index contributed by atoms with van der Waals surface area (Å²) in [6, 6.07) is 5.19. The number of halogens is 2. The predicted octanol–water partition coefficient (Wildman–Crippen LogP) is 2.81. The molecule has 2 heterocycles. The number of benzene rings is 1. The number of amides is 1. The Bertz CT molecular complexity index is 993. The third-order valence-corrected chi connectivity index (χ3v) is 6.63. The number of rotatable bonds is 4. The Morgan fingerprint density at radius 3 is 2.67 bits per heavy atom. The normalized spacial score (nSPS) is 26.3. The molecule has 10 heteroatoms. The number of hydrogen-bond acceptors (Lipinski definition) is 6. The van der Waals surface area contributed by atoms with Gasteiger partial charge in [0.2, 0.25) is 12.3 Å². The van der Waals surface area contributed by atoms with E-state index in [0.29, 0.717) is 40.3 Å². The van der Waals surface area contributed by atoms with Crippen LogP contribution in [0.1, 0.15) is 42.2 Å². The summed E-state index contributed by atoms with van der Waals surface area (Å²) in [5.41, 5.74) is 0.444. The van der Waals surface area contributed by atoms with E-state index in [-0.39, 0.29) is 18.5 Å². The first-order valence-electron chi connectivity index (χ1n) is 9.79. The number of imidazole rings is 1. The Labute approximate surface area is 185 Å². The summed E-state index contributed by atoms with van der Waals surface area (Å²) in [5, 5.41) is 25.1. The van der Waals surface area contributed by atoms with E-state index >= 15 is 0 Å². The number of aliphatic hydroxyl groups excluding tert-OH is 1. The average molecular weight is 454 g/mol. The topological polar surface area (TPSA) is 93.9 Å². The van der Waals surface area contributed by atoms with Gasteiger partial charge < -0.3 is 25.0 Å². The van der Waals surface area contributed by atoms with Crippen LogP contribution in [0.3, 0.4) is 0 Å². The monoisotopic (exact) mass is 453 g/mol. The predicted molar refractivity (Wildman–Crippen MR) is 116 cm³/mol. The van der Waals surface area contributed by atoms with E-state index < -0.39 is 12.0 Å². The van der Waals surface area contributed by atoms with Crippen LogP contribution in [0.2, 0.25) is 10.0 Å². The van der Waals surface area contributed by atoms with Crippen LogP contribution in [0.5, 0.6) is 0 Å². The molecule has 2 aromatic rings. The van der Waals surface area contributed by atoms with Crippen LogP contribution in [0.4, 0.5) is 11.8 Å². The fourth-order valence-electron chi connectivity index (χ4n) is 4.17. The SMILES string of the molecule is CN1c2nc(NC3CCC(C)(O)C3)n(C)c2C(=O)N(Cc2ccc(Cl)c(Cl)c2)C1O. The van der Waals surface area contributed by atoms with Crippen LogP contribution >= 0.6 is 23.2 Å². The van der Waals surface area contributed by atoms with Gasteiger partial charge in [-0.05, 0) is 43.9 Å². The second kappa shape index (κ2) is 7.60. The van der Waals surface area contributed by atoms with Crippen molar-refractivity contribution in [2.45, 2.75) is 50.7 Å². The van der Waals surface area contributed by atoms with Gasteiger partial charge in [0.1, 0.15) is 0 Å². The maximum Gasteiger partial charge on any atom is 0.278 e. The van der Waals surface area contributed by atoms with Crippen LogP contribution in [0.15, 0.2) is 18.2 Å². The van der Waals surface area contributed by atoms with Gasteiger partial charge in [0.05, 0.1) is 22.2 Å². The van der Waals surface area contributed by atoms with Crippen LogP contribution < -0.4 is 10.2 Å². The number of carbonyl (C=O) groups excluding carboxylic acids is 1. The lowest BCUT2D eigenvalue weighted by Crippen LogP contribution is -2.53. The molecule has 1 aliphatic heterocycles. The third kappa shape index (κ3) is 3.73. The van der Waals surface area contributed by atoms with Gasteiger partial charge >= 0.3 is 0 Å². The molecule has 3 unspecified atom stereocenters. The van der Waals surface area contributed by atoms with Gasteiger partial charge in [0, 0.05) is 20.1 Å². The summed E-state index contributed by atoms with van der Waals surface area (Å²) in [4.78, 5) is 20.7. The van der Waals surface area contributed by atoms with Crippen molar-refractivity contribution in [3.63, 3.8) is 0 Å². The quantitative estimate of drug-likeness (QED) is 0.658. The lowest BCUT2D eigenvalue weighted by Gasteiger charge is -2.38. The number of anilines is 2. The maximum absolute atomic E-state index is 13.3. The second-order valence-corrected chi connectivity index (χ2v) is 9.20. The average Bonchev–Trinajstić information content (AvgIpc) is 3.19. The van der Waals surface area contributed by atoms with Crippen LogP contribution in [0, 0.1) is 0 Å². The summed E-state index contributed by atoms with van der Waals surface area (Å²) in [6.45, 7) is 1.99. The summed E-state index contributed by atoms with van der Waals surface area (Å²) in [5.74, 6) is 0.613. The van der Waals surface area contributed by atoms with E-state index in [0.717, 1.165) is 12.0 Å². The number of aromatic nitrogens is 2. The maximum atomic E-state index is 13.3. The van der Waals surface area contributed by atoms with E-state index in [1.807, 2.05) is 6.92 Å². The van der Waals surface area contributed by atoms with Crippen molar-refractivity contribution in [1.29, 1.82) is 0 Å². The lowest BCUT2D eigenvalue weighted by atomic mass is 10.1. The summed E-state index contributed by atoms with van der Waals surface area (Å²) in [6.07, 6.45) is 0.972. The molecule has 30 heavy (non-hydrogen) atoms. The fourth-order valence-corrected chi connectivity index (χ4v) is 4.49. The highest BCUT2D eigenvalue weighted by Gasteiger charge is 2.40. The molecule has 1 fully saturated rings. The molecule has 162 valence electrons. The van der Waals surface area contributed by atoms with E-state index in [1.165, 1.54) is 4.90 Å². The molecule has 0 bridgehead atoms. The molecule has 1 amide bonds. The number of nitrogens with one attached hydrogen (secondary N) is 1. The first-order chi connectivity index (χ1) is 14.1. The van der Waals surface area contributed by atoms with Crippen molar-refractivity contribution in [3.8, 4) is 0 Å². The lowest BCUT2D eigenvalue weighted by molar-refractivity contribution is -0.000738. The highest BCUT2D eigenvalue weighted by atomic mass is 35.5. The van der Waals surface area contributed by atoms with Crippen molar-refractivity contribution in [3.05, 3.63) is 39.5 Å². The molecule has 1 saturated carbocycles. The summed E-state index contributed by atoms with van der Waals surface area (Å²) >= 11 is 12.1. The largest absolute Gasteiger partial charge is 0.390 e. The first kappa shape index (κ1) is 21.2. The van der Waals surface area contributed by atoms with Gasteiger partial charge in [-0.3, -0.25) is 9.69 Å². The number of aliphatic hydroxyl groups is 2. The van der Waals surface area contributed by atoms with Crippen molar-refractivity contribution < 1.29 is 15.0 Å². The molecule has 4 rings (SSSR count). The Morgan fingerprint density at radius 1 is 1.30 bits per heavy atom. The number of nitrogens with zero attached hydrogens (tertiary/aromatic N) is 4. The minimum absolute atomic E-state index is 0.0696. The second-order valence-electron chi connectivity index (χ2n) is 8.39. The van der Waals surface area contributed by atoms with Gasteiger partial charge in [0.25, 0.3) is 5.91 Å². The number of hydrogen-bond donors (Lipinski definition) is 3. The molecule has 0 radical (unpaired) electrons. The summed E-state index contributed by atoms with van der Waals surface area (Å²) in [7, 11) is 3.46. The van der Waals surface area contributed by atoms with E-state index in [4.69, 9.17) is 23.2 Å². The van der Waals surface area contributed by atoms with E-state index in [1.54, 1.807) is 41.8 Å². The molecule has 3 atom stereocenters. The molecule has 0 spiro atoms. The number of carbonyl (C=O) groups is 1. The zero-order valence-corrected chi connectivity index (χ0v) is 18.6. The Balaban J connectivity index is 1.61. The minimum atomic E-state index is -1.17. The van der Waals surface area contributed by atoms with Gasteiger partial charge in [-0.15, -0.1) is 0 Å².